The highest BCUT2D eigenvalue weighted by molar-refractivity contribution is 5.89. The van der Waals surface area contributed by atoms with Crippen molar-refractivity contribution in [2.24, 2.45) is 34.5 Å². The van der Waals surface area contributed by atoms with Crippen molar-refractivity contribution in [2.75, 3.05) is 48.1 Å². The van der Waals surface area contributed by atoms with E-state index in [0.717, 1.165) is 0 Å². The van der Waals surface area contributed by atoms with Crippen molar-refractivity contribution < 1.29 is 53.3 Å². The second-order valence-corrected chi connectivity index (χ2v) is 14.4. The van der Waals surface area contributed by atoms with Gasteiger partial charge in [-0.05, 0) is 31.0 Å². The Morgan fingerprint density at radius 2 is 1.72 bits per heavy atom. The number of hydrogen-bond donors (Lipinski definition) is 3. The molecule has 15 atom stereocenters. The molecule has 12 nitrogen and oxygen atoms in total. The fraction of sp³-hybridized carbons (Fsp3) is 0.765. The summed E-state index contributed by atoms with van der Waals surface area (Å²) in [5.74, 6) is -3.65. The lowest BCUT2D eigenvalue weighted by Gasteiger charge is -2.70. The molecule has 7 bridgehead atoms. The van der Waals surface area contributed by atoms with Crippen molar-refractivity contribution in [1.82, 2.24) is 4.90 Å². The Morgan fingerprint density at radius 1 is 1.00 bits per heavy atom. The standard InChI is InChI=1S/C34H47NO11/c1-7-35-15-31(16-41-3)20(37)13-21(42-4)33-19-14-32(40)28(45-30(39)18-11-9-8-10-12-18)22(19)34(46-17(2)36,27(38)29(32)44-6)23(26(33)35)24(43-5)25(31)33/h8-12,19-29,37-38,40H,7,13-16H2,1-6H3/t19-,20-,21?,22-,23?,24?,25?,26-,27+,28-,29+,31+,32-,33?,34-/m1/s1. The van der Waals surface area contributed by atoms with Gasteiger partial charge in [0.2, 0.25) is 0 Å². The maximum absolute atomic E-state index is 13.8. The zero-order chi connectivity index (χ0) is 33.0. The van der Waals surface area contributed by atoms with E-state index < -0.39 is 88.3 Å². The predicted octanol–water partition coefficient (Wildman–Crippen LogP) is 0.648. The molecule has 1 saturated heterocycles. The summed E-state index contributed by atoms with van der Waals surface area (Å²) in [7, 11) is 6.27. The number of aliphatic hydroxyl groups is 3. The molecule has 5 aliphatic carbocycles. The van der Waals surface area contributed by atoms with E-state index in [-0.39, 0.29) is 25.0 Å². The van der Waals surface area contributed by atoms with E-state index >= 15 is 0 Å². The van der Waals surface area contributed by atoms with Crippen molar-refractivity contribution >= 4 is 11.9 Å². The number of nitrogens with zero attached hydrogens (tertiary/aromatic N) is 1. The summed E-state index contributed by atoms with van der Waals surface area (Å²) < 4.78 is 37.4. The van der Waals surface area contributed by atoms with Crippen LogP contribution >= 0.6 is 0 Å². The first-order valence-electron chi connectivity index (χ1n) is 16.3. The molecule has 5 saturated carbocycles. The Labute approximate surface area is 269 Å². The average molecular weight is 646 g/mol. The molecule has 0 amide bonds. The number of fused-ring (bicyclic) bond motifs is 2. The number of aliphatic hydroxyl groups excluding tert-OH is 2. The summed E-state index contributed by atoms with van der Waals surface area (Å²) in [5, 5.41) is 37.3. The van der Waals surface area contributed by atoms with Crippen LogP contribution in [0.3, 0.4) is 0 Å². The third-order valence-corrected chi connectivity index (χ3v) is 13.2. The molecule has 1 aliphatic heterocycles. The van der Waals surface area contributed by atoms with Crippen LogP contribution in [0.4, 0.5) is 0 Å². The number of methoxy groups -OCH3 is 4. The van der Waals surface area contributed by atoms with Crippen molar-refractivity contribution in [3.05, 3.63) is 35.9 Å². The summed E-state index contributed by atoms with van der Waals surface area (Å²) in [6, 6.07) is 8.18. The molecule has 1 spiro atoms. The van der Waals surface area contributed by atoms with Crippen molar-refractivity contribution in [3.63, 3.8) is 0 Å². The molecule has 46 heavy (non-hydrogen) atoms. The largest absolute Gasteiger partial charge is 0.455 e. The lowest BCUT2D eigenvalue weighted by atomic mass is 9.42. The van der Waals surface area contributed by atoms with Gasteiger partial charge in [-0.1, -0.05) is 25.1 Å². The number of likely N-dealkylation sites (tertiary alicyclic amines) is 1. The van der Waals surface area contributed by atoms with Crippen LogP contribution in [-0.2, 0) is 33.2 Å². The molecule has 6 fully saturated rings. The predicted molar refractivity (Wildman–Crippen MR) is 160 cm³/mol. The third kappa shape index (κ3) is 3.62. The Balaban J connectivity index is 1.53. The molecule has 1 heterocycles. The molecule has 0 aromatic heterocycles. The lowest BCUT2D eigenvalue weighted by molar-refractivity contribution is -0.322. The van der Waals surface area contributed by atoms with Gasteiger partial charge in [-0.15, -0.1) is 0 Å². The lowest BCUT2D eigenvalue weighted by Crippen LogP contribution is -2.81. The number of carbonyl (C=O) groups excluding carboxylic acids is 2. The van der Waals surface area contributed by atoms with Crippen LogP contribution in [-0.4, -0.2) is 134 Å². The minimum absolute atomic E-state index is 0.0791. The van der Waals surface area contributed by atoms with Gasteiger partial charge >= 0.3 is 11.9 Å². The smallest absolute Gasteiger partial charge is 0.338 e. The first kappa shape index (κ1) is 32.4. The Morgan fingerprint density at radius 3 is 2.30 bits per heavy atom. The quantitative estimate of drug-likeness (QED) is 0.323. The normalized spacial score (nSPS) is 49.9. The number of piperidine rings is 1. The summed E-state index contributed by atoms with van der Waals surface area (Å²) in [6.07, 6.45) is -5.49. The van der Waals surface area contributed by atoms with Crippen LogP contribution in [0.5, 0.6) is 0 Å². The van der Waals surface area contributed by atoms with Gasteiger partial charge in [0.15, 0.2) is 5.60 Å². The maximum atomic E-state index is 13.8. The van der Waals surface area contributed by atoms with Gasteiger partial charge in [0.05, 0.1) is 30.5 Å². The van der Waals surface area contributed by atoms with E-state index in [1.54, 1.807) is 51.7 Å². The van der Waals surface area contributed by atoms with Crippen LogP contribution in [0.15, 0.2) is 30.3 Å². The number of benzene rings is 1. The van der Waals surface area contributed by atoms with Gasteiger partial charge < -0.3 is 43.7 Å². The van der Waals surface area contributed by atoms with Crippen LogP contribution in [0.25, 0.3) is 0 Å². The average Bonchev–Trinajstić information content (AvgIpc) is 3.41. The Kier molecular flexibility index (Phi) is 7.69. The summed E-state index contributed by atoms with van der Waals surface area (Å²) in [5.41, 5.74) is -4.79. The summed E-state index contributed by atoms with van der Waals surface area (Å²) in [4.78, 5) is 29.3. The molecular formula is C34H47NO11. The Bertz CT molecular complexity index is 1360. The minimum atomic E-state index is -1.83. The van der Waals surface area contributed by atoms with Gasteiger partial charge in [0, 0.05) is 83.0 Å². The van der Waals surface area contributed by atoms with Crippen LogP contribution in [0.2, 0.25) is 0 Å². The SMILES string of the molecule is CCN1C[C@@]2(COC)C3C(OC)C4[C@@H]1C3(C(OC)C[C@H]2O)[C@@H]1C[C@@]2(O)[C@H](OC(=O)c3ccccc3)[C@@H]1[C@]4(OC(C)=O)[C@@H](O)[C@@H]2OC. The highest BCUT2D eigenvalue weighted by Gasteiger charge is 2.92. The molecule has 254 valence electrons. The molecule has 1 aromatic rings. The summed E-state index contributed by atoms with van der Waals surface area (Å²) >= 11 is 0. The molecule has 6 aliphatic rings. The van der Waals surface area contributed by atoms with Gasteiger partial charge in [-0.25, -0.2) is 4.79 Å². The highest BCUT2D eigenvalue weighted by atomic mass is 16.6. The monoisotopic (exact) mass is 645 g/mol. The molecule has 5 unspecified atom stereocenters. The molecular weight excluding hydrogens is 598 g/mol. The van der Waals surface area contributed by atoms with Gasteiger partial charge in [-0.2, -0.15) is 0 Å². The van der Waals surface area contributed by atoms with Crippen molar-refractivity contribution in [1.29, 1.82) is 0 Å². The van der Waals surface area contributed by atoms with E-state index in [1.165, 1.54) is 14.0 Å². The molecule has 0 radical (unpaired) electrons. The third-order valence-electron chi connectivity index (χ3n) is 13.2. The molecule has 3 N–H and O–H groups in total. The van der Waals surface area contributed by atoms with Gasteiger partial charge in [0.25, 0.3) is 0 Å². The Hall–Kier alpha value is -2.16. The number of rotatable bonds is 9. The second kappa shape index (κ2) is 10.9. The van der Waals surface area contributed by atoms with Crippen molar-refractivity contribution in [2.45, 2.75) is 80.6 Å². The zero-order valence-corrected chi connectivity index (χ0v) is 27.3. The van der Waals surface area contributed by atoms with Gasteiger partial charge in [0.1, 0.15) is 23.9 Å². The summed E-state index contributed by atoms with van der Waals surface area (Å²) in [6.45, 7) is 4.68. The topological polar surface area (TPSA) is 153 Å². The first-order chi connectivity index (χ1) is 22.0. The van der Waals surface area contributed by atoms with Crippen LogP contribution < -0.4 is 0 Å². The minimum Gasteiger partial charge on any atom is -0.455 e. The number of hydrogen-bond acceptors (Lipinski definition) is 12. The maximum Gasteiger partial charge on any atom is 0.338 e. The first-order valence-corrected chi connectivity index (χ1v) is 16.3. The van der Waals surface area contributed by atoms with Crippen LogP contribution in [0, 0.1) is 34.5 Å². The highest BCUT2D eigenvalue weighted by Crippen LogP contribution is 2.80. The molecule has 12 heteroatoms. The number of ether oxygens (including phenoxy) is 6. The zero-order valence-electron chi connectivity index (χ0n) is 27.3. The molecule has 7 rings (SSSR count). The fourth-order valence-corrected chi connectivity index (χ4v) is 12.3. The van der Waals surface area contributed by atoms with E-state index in [1.807, 2.05) is 6.92 Å². The fourth-order valence-electron chi connectivity index (χ4n) is 12.3. The van der Waals surface area contributed by atoms with E-state index in [2.05, 4.69) is 4.90 Å². The van der Waals surface area contributed by atoms with Crippen LogP contribution in [0.1, 0.15) is 37.0 Å². The molecule has 1 aromatic carbocycles. The van der Waals surface area contributed by atoms with E-state index in [0.29, 0.717) is 25.1 Å². The second-order valence-electron chi connectivity index (χ2n) is 14.4. The van der Waals surface area contributed by atoms with E-state index in [9.17, 15) is 24.9 Å². The number of carbonyl (C=O) groups is 2. The van der Waals surface area contributed by atoms with Gasteiger partial charge in [-0.3, -0.25) is 9.69 Å². The number of esters is 2. The van der Waals surface area contributed by atoms with Crippen molar-refractivity contribution in [3.8, 4) is 0 Å². The van der Waals surface area contributed by atoms with E-state index in [4.69, 9.17) is 28.4 Å².